The lowest BCUT2D eigenvalue weighted by Crippen LogP contribution is -2.16. The van der Waals surface area contributed by atoms with Crippen LogP contribution in [-0.2, 0) is 0 Å². The maximum absolute atomic E-state index is 10.4. The van der Waals surface area contributed by atoms with Crippen LogP contribution in [0.3, 0.4) is 0 Å². The molecule has 2 aromatic rings. The van der Waals surface area contributed by atoms with E-state index in [9.17, 15) is 5.11 Å². The van der Waals surface area contributed by atoms with Gasteiger partial charge in [0.1, 0.15) is 6.10 Å². The zero-order valence-electron chi connectivity index (χ0n) is 11.1. The lowest BCUT2D eigenvalue weighted by Gasteiger charge is -2.25. The first-order chi connectivity index (χ1) is 9.34. The second-order valence-electron chi connectivity index (χ2n) is 5.36. The largest absolute Gasteiger partial charge is 0.386 e. The average molecular weight is 256 g/mol. The van der Waals surface area contributed by atoms with Crippen LogP contribution in [0.5, 0.6) is 0 Å². The van der Waals surface area contributed by atoms with Gasteiger partial charge in [0.25, 0.3) is 0 Å². The number of hydrogen-bond donors (Lipinski definition) is 1. The Bertz CT molecular complexity index is 515. The van der Waals surface area contributed by atoms with E-state index in [2.05, 4.69) is 5.10 Å². The smallest absolute Gasteiger partial charge is 0.101 e. The molecule has 3 nitrogen and oxygen atoms in total. The third kappa shape index (κ3) is 2.71. The van der Waals surface area contributed by atoms with E-state index in [1.54, 1.807) is 0 Å². The number of benzene rings is 1. The van der Waals surface area contributed by atoms with Gasteiger partial charge in [-0.25, -0.2) is 4.68 Å². The predicted molar refractivity (Wildman–Crippen MR) is 75.1 cm³/mol. The molecule has 0 saturated heterocycles. The summed E-state index contributed by atoms with van der Waals surface area (Å²) in [5, 5.41) is 15.0. The van der Waals surface area contributed by atoms with Crippen molar-refractivity contribution in [2.24, 2.45) is 5.92 Å². The second kappa shape index (κ2) is 5.57. The third-order valence-corrected chi connectivity index (χ3v) is 4.03. The molecule has 19 heavy (non-hydrogen) atoms. The Morgan fingerprint density at radius 1 is 1.05 bits per heavy atom. The van der Waals surface area contributed by atoms with Crippen molar-refractivity contribution in [2.75, 3.05) is 0 Å². The minimum atomic E-state index is -0.412. The Morgan fingerprint density at radius 2 is 1.79 bits per heavy atom. The summed E-state index contributed by atoms with van der Waals surface area (Å²) in [6, 6.07) is 12.0. The van der Waals surface area contributed by atoms with Crippen molar-refractivity contribution in [3.05, 3.63) is 48.3 Å². The number of rotatable bonds is 3. The Morgan fingerprint density at radius 3 is 2.53 bits per heavy atom. The molecule has 3 rings (SSSR count). The van der Waals surface area contributed by atoms with Crippen molar-refractivity contribution in [3.8, 4) is 5.69 Å². The molecular formula is C16H20N2O. The van der Waals surface area contributed by atoms with Crippen LogP contribution in [0.15, 0.2) is 42.6 Å². The first-order valence-electron chi connectivity index (χ1n) is 7.13. The SMILES string of the molecule is OC(c1ccn(-c2ccccc2)n1)C1CCCCC1. The first kappa shape index (κ1) is 12.4. The second-order valence-corrected chi connectivity index (χ2v) is 5.36. The Hall–Kier alpha value is -1.61. The highest BCUT2D eigenvalue weighted by Gasteiger charge is 2.24. The number of aliphatic hydroxyl groups is 1. The minimum absolute atomic E-state index is 0.382. The molecule has 1 atom stereocenters. The van der Waals surface area contributed by atoms with Crippen LogP contribution in [0.4, 0.5) is 0 Å². The van der Waals surface area contributed by atoms with E-state index in [0.29, 0.717) is 5.92 Å². The normalized spacial score (nSPS) is 18.4. The molecule has 1 fully saturated rings. The summed E-state index contributed by atoms with van der Waals surface area (Å²) in [4.78, 5) is 0. The molecule has 1 aromatic heterocycles. The van der Waals surface area contributed by atoms with Crippen LogP contribution in [0, 0.1) is 5.92 Å². The number of hydrogen-bond acceptors (Lipinski definition) is 2. The molecule has 0 bridgehead atoms. The maximum Gasteiger partial charge on any atom is 0.101 e. The molecule has 1 aliphatic rings. The van der Waals surface area contributed by atoms with E-state index >= 15 is 0 Å². The summed E-state index contributed by atoms with van der Waals surface area (Å²) in [7, 11) is 0. The van der Waals surface area contributed by atoms with Gasteiger partial charge in [-0.05, 0) is 37.0 Å². The van der Waals surface area contributed by atoms with Crippen molar-refractivity contribution in [3.63, 3.8) is 0 Å². The molecule has 0 spiro atoms. The topological polar surface area (TPSA) is 38.0 Å². The quantitative estimate of drug-likeness (QED) is 0.913. The van der Waals surface area contributed by atoms with Crippen LogP contribution in [0.1, 0.15) is 43.9 Å². The van der Waals surface area contributed by atoms with Crippen molar-refractivity contribution in [1.82, 2.24) is 9.78 Å². The highest BCUT2D eigenvalue weighted by atomic mass is 16.3. The van der Waals surface area contributed by atoms with Gasteiger partial charge in [-0.3, -0.25) is 0 Å². The van der Waals surface area contributed by atoms with Crippen molar-refractivity contribution in [2.45, 2.75) is 38.2 Å². The van der Waals surface area contributed by atoms with Crippen LogP contribution in [-0.4, -0.2) is 14.9 Å². The summed E-state index contributed by atoms with van der Waals surface area (Å²) in [5.74, 6) is 0.382. The van der Waals surface area contributed by atoms with Crippen molar-refractivity contribution in [1.29, 1.82) is 0 Å². The fourth-order valence-corrected chi connectivity index (χ4v) is 2.91. The molecule has 1 aliphatic carbocycles. The van der Waals surface area contributed by atoms with Gasteiger partial charge in [-0.1, -0.05) is 37.5 Å². The van der Waals surface area contributed by atoms with E-state index in [4.69, 9.17) is 0 Å². The number of nitrogens with zero attached hydrogens (tertiary/aromatic N) is 2. The van der Waals surface area contributed by atoms with Crippen LogP contribution in [0.2, 0.25) is 0 Å². The van der Waals surface area contributed by atoms with Crippen LogP contribution < -0.4 is 0 Å². The third-order valence-electron chi connectivity index (χ3n) is 4.03. The summed E-state index contributed by atoms with van der Waals surface area (Å²) in [5.41, 5.74) is 1.83. The summed E-state index contributed by atoms with van der Waals surface area (Å²) >= 11 is 0. The van der Waals surface area contributed by atoms with Gasteiger partial charge < -0.3 is 5.11 Å². The van der Waals surface area contributed by atoms with E-state index in [1.807, 2.05) is 47.3 Å². The lowest BCUT2D eigenvalue weighted by molar-refractivity contribution is 0.0808. The molecule has 3 heteroatoms. The lowest BCUT2D eigenvalue weighted by atomic mass is 9.84. The zero-order valence-corrected chi connectivity index (χ0v) is 11.1. The number of aromatic nitrogens is 2. The Kier molecular flexibility index (Phi) is 3.65. The molecule has 0 radical (unpaired) electrons. The highest BCUT2D eigenvalue weighted by Crippen LogP contribution is 2.33. The fraction of sp³-hybridized carbons (Fsp3) is 0.438. The summed E-state index contributed by atoms with van der Waals surface area (Å²) in [6.07, 6.45) is 7.55. The van der Waals surface area contributed by atoms with Crippen LogP contribution in [0.25, 0.3) is 5.69 Å². The van der Waals surface area contributed by atoms with Gasteiger partial charge in [0.05, 0.1) is 11.4 Å². The summed E-state index contributed by atoms with van der Waals surface area (Å²) < 4.78 is 1.83. The monoisotopic (exact) mass is 256 g/mol. The van der Waals surface area contributed by atoms with Gasteiger partial charge in [0.2, 0.25) is 0 Å². The van der Waals surface area contributed by atoms with Crippen molar-refractivity contribution >= 4 is 0 Å². The summed E-state index contributed by atoms with van der Waals surface area (Å²) in [6.45, 7) is 0. The number of para-hydroxylation sites is 1. The molecule has 0 aliphatic heterocycles. The molecule has 100 valence electrons. The Balaban J connectivity index is 1.77. The van der Waals surface area contributed by atoms with E-state index in [1.165, 1.54) is 19.3 Å². The standard InChI is InChI=1S/C16H20N2O/c19-16(13-7-3-1-4-8-13)15-11-12-18(17-15)14-9-5-2-6-10-14/h2,5-6,9-13,16,19H,1,3-4,7-8H2. The average Bonchev–Trinajstić information content (AvgIpc) is 2.98. The van der Waals surface area contributed by atoms with Gasteiger partial charge in [0.15, 0.2) is 0 Å². The highest BCUT2D eigenvalue weighted by molar-refractivity contribution is 5.30. The van der Waals surface area contributed by atoms with E-state index in [-0.39, 0.29) is 0 Å². The van der Waals surface area contributed by atoms with E-state index in [0.717, 1.165) is 24.2 Å². The molecule has 1 aromatic carbocycles. The predicted octanol–water partition coefficient (Wildman–Crippen LogP) is 3.49. The zero-order chi connectivity index (χ0) is 13.1. The van der Waals surface area contributed by atoms with Gasteiger partial charge in [0, 0.05) is 6.20 Å². The molecule has 1 unspecified atom stereocenters. The fourth-order valence-electron chi connectivity index (χ4n) is 2.91. The van der Waals surface area contributed by atoms with Gasteiger partial charge in [-0.2, -0.15) is 5.10 Å². The van der Waals surface area contributed by atoms with Crippen molar-refractivity contribution < 1.29 is 5.11 Å². The van der Waals surface area contributed by atoms with Crippen LogP contribution >= 0.6 is 0 Å². The van der Waals surface area contributed by atoms with Gasteiger partial charge >= 0.3 is 0 Å². The maximum atomic E-state index is 10.4. The number of aliphatic hydroxyl groups excluding tert-OH is 1. The molecule has 1 heterocycles. The van der Waals surface area contributed by atoms with Gasteiger partial charge in [-0.15, -0.1) is 0 Å². The first-order valence-corrected chi connectivity index (χ1v) is 7.13. The minimum Gasteiger partial charge on any atom is -0.386 e. The molecule has 0 amide bonds. The molecule has 1 saturated carbocycles. The molecule has 1 N–H and O–H groups in total. The van der Waals surface area contributed by atoms with E-state index < -0.39 is 6.10 Å². The molecular weight excluding hydrogens is 236 g/mol. The Labute approximate surface area is 113 Å².